The fourth-order valence-electron chi connectivity index (χ4n) is 6.17. The maximum atomic E-state index is 14.1. The molecule has 0 unspecified atom stereocenters. The molecule has 4 aliphatic rings. The normalized spacial score (nSPS) is 21.4. The van der Waals surface area contributed by atoms with Crippen LogP contribution in [-0.2, 0) is 19.7 Å². The lowest BCUT2D eigenvalue weighted by molar-refractivity contribution is -0.0182. The Morgan fingerprint density at radius 3 is 2.38 bits per heavy atom. The number of piperidine rings is 2. The van der Waals surface area contributed by atoms with Crippen LogP contribution in [0, 0.1) is 23.4 Å². The Hall–Kier alpha value is -4.08. The number of nitrogens with one attached hydrogen (secondary N) is 1. The van der Waals surface area contributed by atoms with E-state index in [-0.39, 0.29) is 41.6 Å². The molecule has 2 saturated heterocycles. The number of aromatic nitrogens is 1. The number of halogens is 3. The van der Waals surface area contributed by atoms with Gasteiger partial charge in [0.05, 0.1) is 6.04 Å². The quantitative estimate of drug-likeness (QED) is 0.512. The van der Waals surface area contributed by atoms with Gasteiger partial charge in [-0.2, -0.15) is 0 Å². The third kappa shape index (κ3) is 4.47. The van der Waals surface area contributed by atoms with Crippen LogP contribution >= 0.6 is 0 Å². The van der Waals surface area contributed by atoms with Gasteiger partial charge in [-0.15, -0.1) is 0 Å². The van der Waals surface area contributed by atoms with E-state index >= 15 is 0 Å². The van der Waals surface area contributed by atoms with Crippen LogP contribution in [0.4, 0.5) is 13.2 Å². The highest BCUT2D eigenvalue weighted by Gasteiger charge is 2.48. The van der Waals surface area contributed by atoms with E-state index in [1.54, 1.807) is 4.57 Å². The molecule has 1 N–H and O–H groups in total. The standard InChI is InChI=1S/C29H26F3N3O4/c30-18-10-22(31)20(23(32)11-18)12-33-28(37)21-13-34-14-24-17-6-8-19(9-7-17)35(24)29(38)25(34)27(26(21)36)39-15-16-4-2-1-3-5-16/h1-5,10-11,13,17,19,24H,6-9,12,14-15H2,(H,33,37)/t17-,19+,24-/m1/s1. The van der Waals surface area contributed by atoms with Crippen molar-refractivity contribution in [2.45, 2.75) is 57.5 Å². The highest BCUT2D eigenvalue weighted by Crippen LogP contribution is 2.43. The van der Waals surface area contributed by atoms with Gasteiger partial charge in [-0.25, -0.2) is 13.2 Å². The molecule has 3 fully saturated rings. The molecular weight excluding hydrogens is 511 g/mol. The van der Waals surface area contributed by atoms with Crippen LogP contribution in [0.25, 0.3) is 0 Å². The molecule has 1 atom stereocenters. The van der Waals surface area contributed by atoms with Gasteiger partial charge in [0.25, 0.3) is 11.8 Å². The Bertz CT molecular complexity index is 1490. The van der Waals surface area contributed by atoms with Crippen LogP contribution in [0.15, 0.2) is 53.5 Å². The molecule has 1 saturated carbocycles. The minimum Gasteiger partial charge on any atom is -0.483 e. The zero-order valence-corrected chi connectivity index (χ0v) is 21.0. The number of benzene rings is 2. The van der Waals surface area contributed by atoms with Gasteiger partial charge in [0.2, 0.25) is 5.43 Å². The van der Waals surface area contributed by atoms with Crippen molar-refractivity contribution in [1.29, 1.82) is 0 Å². The third-order valence-corrected chi connectivity index (χ3v) is 8.10. The molecule has 7 nitrogen and oxygen atoms in total. The summed E-state index contributed by atoms with van der Waals surface area (Å²) in [6.07, 6.45) is 5.22. The van der Waals surface area contributed by atoms with Crippen molar-refractivity contribution in [1.82, 2.24) is 14.8 Å². The number of carbonyl (C=O) groups is 2. The minimum atomic E-state index is -1.15. The van der Waals surface area contributed by atoms with Gasteiger partial charge in [0.1, 0.15) is 29.6 Å². The SMILES string of the molecule is O=C(NCc1c(F)cc(F)cc1F)c1cn2c(c(OCc3ccccc3)c1=O)C(=O)N1[C@H]3CC[C@H](CC3)[C@H]1C2. The summed E-state index contributed by atoms with van der Waals surface area (Å²) in [6, 6.07) is 10.2. The molecule has 4 heterocycles. The van der Waals surface area contributed by atoms with E-state index in [0.717, 1.165) is 31.2 Å². The topological polar surface area (TPSA) is 80.6 Å². The van der Waals surface area contributed by atoms with Gasteiger partial charge in [-0.05, 0) is 37.2 Å². The van der Waals surface area contributed by atoms with Crippen LogP contribution < -0.4 is 15.5 Å². The molecule has 2 aromatic carbocycles. The first-order chi connectivity index (χ1) is 18.8. The number of fused-ring (bicyclic) bond motifs is 3. The number of ether oxygens (including phenoxy) is 1. The van der Waals surface area contributed by atoms with Crippen molar-refractivity contribution in [2.24, 2.45) is 5.92 Å². The van der Waals surface area contributed by atoms with Gasteiger partial charge < -0.3 is 19.5 Å². The van der Waals surface area contributed by atoms with Crippen molar-refractivity contribution >= 4 is 11.8 Å². The highest BCUT2D eigenvalue weighted by atomic mass is 19.1. The van der Waals surface area contributed by atoms with Crippen molar-refractivity contribution in [2.75, 3.05) is 0 Å². The zero-order valence-electron chi connectivity index (χ0n) is 21.0. The second-order valence-corrected chi connectivity index (χ2v) is 10.4. The number of rotatable bonds is 6. The van der Waals surface area contributed by atoms with Crippen LogP contribution in [-0.4, -0.2) is 33.4 Å². The Balaban J connectivity index is 1.37. The summed E-state index contributed by atoms with van der Waals surface area (Å²) < 4.78 is 49.0. The monoisotopic (exact) mass is 537 g/mol. The summed E-state index contributed by atoms with van der Waals surface area (Å²) in [7, 11) is 0. The molecular formula is C29H26F3N3O4. The van der Waals surface area contributed by atoms with Crippen LogP contribution in [0.1, 0.15) is 57.7 Å². The molecule has 10 heteroatoms. The van der Waals surface area contributed by atoms with E-state index in [9.17, 15) is 27.6 Å². The maximum Gasteiger partial charge on any atom is 0.275 e. The molecule has 0 spiro atoms. The summed E-state index contributed by atoms with van der Waals surface area (Å²) in [5, 5.41) is 2.35. The van der Waals surface area contributed by atoms with E-state index in [0.29, 0.717) is 24.6 Å². The summed E-state index contributed by atoms with van der Waals surface area (Å²) in [6.45, 7) is -0.189. The number of pyridine rings is 1. The van der Waals surface area contributed by atoms with Crippen LogP contribution in [0.2, 0.25) is 0 Å². The molecule has 39 heavy (non-hydrogen) atoms. The summed E-state index contributed by atoms with van der Waals surface area (Å²) >= 11 is 0. The van der Waals surface area contributed by atoms with Gasteiger partial charge in [-0.3, -0.25) is 14.4 Å². The van der Waals surface area contributed by atoms with Crippen molar-refractivity contribution in [3.05, 3.63) is 98.7 Å². The van der Waals surface area contributed by atoms with Gasteiger partial charge >= 0.3 is 0 Å². The molecule has 202 valence electrons. The number of nitrogens with zero attached hydrogens (tertiary/aromatic N) is 2. The second-order valence-electron chi connectivity index (χ2n) is 10.4. The lowest BCUT2D eigenvalue weighted by atomic mass is 9.73. The lowest BCUT2D eigenvalue weighted by Gasteiger charge is -2.54. The number of hydrogen-bond acceptors (Lipinski definition) is 4. The van der Waals surface area contributed by atoms with E-state index < -0.39 is 40.9 Å². The predicted molar refractivity (Wildman–Crippen MR) is 135 cm³/mol. The Morgan fingerprint density at radius 2 is 1.69 bits per heavy atom. The summed E-state index contributed by atoms with van der Waals surface area (Å²) in [5.41, 5.74) is -0.763. The Morgan fingerprint density at radius 1 is 1.00 bits per heavy atom. The largest absolute Gasteiger partial charge is 0.483 e. The first kappa shape index (κ1) is 25.2. The zero-order chi connectivity index (χ0) is 27.3. The number of hydrogen-bond donors (Lipinski definition) is 1. The maximum absolute atomic E-state index is 14.1. The predicted octanol–water partition coefficient (Wildman–Crippen LogP) is 4.17. The lowest BCUT2D eigenvalue weighted by Crippen LogP contribution is -2.62. The Kier molecular flexibility index (Phi) is 6.40. The van der Waals surface area contributed by atoms with Crippen LogP contribution in [0.5, 0.6) is 5.75 Å². The van der Waals surface area contributed by atoms with Crippen LogP contribution in [0.3, 0.4) is 0 Å². The number of amides is 2. The molecule has 3 aliphatic heterocycles. The molecule has 2 bridgehead atoms. The van der Waals surface area contributed by atoms with Crippen molar-refractivity contribution < 1.29 is 27.5 Å². The minimum absolute atomic E-state index is 0.00289. The molecule has 3 aromatic rings. The van der Waals surface area contributed by atoms with E-state index in [4.69, 9.17) is 4.74 Å². The smallest absolute Gasteiger partial charge is 0.275 e. The number of carbonyl (C=O) groups excluding carboxylic acids is 2. The average molecular weight is 538 g/mol. The molecule has 0 radical (unpaired) electrons. The van der Waals surface area contributed by atoms with E-state index in [2.05, 4.69) is 5.32 Å². The first-order valence-corrected chi connectivity index (χ1v) is 13.0. The fraction of sp³-hybridized carbons (Fsp3) is 0.345. The molecule has 2 amide bonds. The summed E-state index contributed by atoms with van der Waals surface area (Å²) in [4.78, 5) is 42.4. The summed E-state index contributed by atoms with van der Waals surface area (Å²) in [5.74, 6) is -4.45. The average Bonchev–Trinajstić information content (AvgIpc) is 2.93. The van der Waals surface area contributed by atoms with Crippen molar-refractivity contribution in [3.63, 3.8) is 0 Å². The molecule has 7 rings (SSSR count). The molecule has 1 aromatic heterocycles. The van der Waals surface area contributed by atoms with E-state index in [1.165, 1.54) is 6.20 Å². The van der Waals surface area contributed by atoms with E-state index in [1.807, 2.05) is 35.2 Å². The van der Waals surface area contributed by atoms with Gasteiger partial charge in [-0.1, -0.05) is 30.3 Å². The van der Waals surface area contributed by atoms with Crippen molar-refractivity contribution in [3.8, 4) is 5.75 Å². The fourth-order valence-corrected chi connectivity index (χ4v) is 6.17. The highest BCUT2D eigenvalue weighted by molar-refractivity contribution is 5.99. The second kappa shape index (κ2) is 9.91. The first-order valence-electron chi connectivity index (χ1n) is 13.0. The Labute approximate surface area is 222 Å². The molecule has 1 aliphatic carbocycles. The third-order valence-electron chi connectivity index (χ3n) is 8.10. The van der Waals surface area contributed by atoms with Gasteiger partial charge in [0, 0.05) is 43.0 Å². The van der Waals surface area contributed by atoms with Gasteiger partial charge in [0.15, 0.2) is 11.4 Å².